The molecule has 0 aliphatic rings. The molecular formula is C13H13FN2O2S3. The zero-order valence-electron chi connectivity index (χ0n) is 11.1. The zero-order valence-corrected chi connectivity index (χ0v) is 13.5. The van der Waals surface area contributed by atoms with Gasteiger partial charge in [-0.15, -0.1) is 11.3 Å². The third-order valence-electron chi connectivity index (χ3n) is 2.74. The monoisotopic (exact) mass is 344 g/mol. The van der Waals surface area contributed by atoms with Crippen molar-refractivity contribution in [3.8, 4) is 0 Å². The van der Waals surface area contributed by atoms with Gasteiger partial charge in [0.1, 0.15) is 15.0 Å². The smallest absolute Gasteiger partial charge is 0.271 e. The molecule has 0 saturated heterocycles. The first-order chi connectivity index (χ1) is 9.83. The second-order valence-electron chi connectivity index (χ2n) is 4.23. The summed E-state index contributed by atoms with van der Waals surface area (Å²) in [6.45, 7) is 1.95. The normalized spacial score (nSPS) is 11.3. The topological polar surface area (TPSA) is 72.2 Å². The molecule has 3 N–H and O–H groups in total. The van der Waals surface area contributed by atoms with Crippen molar-refractivity contribution < 1.29 is 12.8 Å². The van der Waals surface area contributed by atoms with Gasteiger partial charge in [0.25, 0.3) is 10.0 Å². The van der Waals surface area contributed by atoms with E-state index in [1.807, 2.05) is 6.92 Å². The average molecular weight is 344 g/mol. The first-order valence-electron chi connectivity index (χ1n) is 6.04. The lowest BCUT2D eigenvalue weighted by Crippen LogP contribution is -2.17. The molecule has 0 aliphatic heterocycles. The van der Waals surface area contributed by atoms with E-state index in [9.17, 15) is 12.8 Å². The molecule has 0 unspecified atom stereocenters. The number of anilines is 1. The number of rotatable bonds is 5. The van der Waals surface area contributed by atoms with Crippen LogP contribution in [0.25, 0.3) is 0 Å². The molecule has 8 heteroatoms. The molecule has 4 nitrogen and oxygen atoms in total. The second kappa shape index (κ2) is 6.08. The van der Waals surface area contributed by atoms with E-state index in [2.05, 4.69) is 4.72 Å². The van der Waals surface area contributed by atoms with E-state index in [-0.39, 0.29) is 20.4 Å². The van der Waals surface area contributed by atoms with Gasteiger partial charge in [-0.3, -0.25) is 4.72 Å². The van der Waals surface area contributed by atoms with Crippen molar-refractivity contribution in [1.82, 2.24) is 0 Å². The van der Waals surface area contributed by atoms with Crippen LogP contribution in [-0.4, -0.2) is 13.4 Å². The summed E-state index contributed by atoms with van der Waals surface area (Å²) in [6, 6.07) is 6.85. The molecule has 0 bridgehead atoms. The predicted molar refractivity (Wildman–Crippen MR) is 86.8 cm³/mol. The first kappa shape index (κ1) is 15.9. The van der Waals surface area contributed by atoms with E-state index in [1.165, 1.54) is 23.5 Å². The van der Waals surface area contributed by atoms with Crippen molar-refractivity contribution >= 4 is 44.3 Å². The summed E-state index contributed by atoms with van der Waals surface area (Å²) in [4.78, 5) is 0.886. The van der Waals surface area contributed by atoms with Crippen molar-refractivity contribution in [2.75, 3.05) is 4.72 Å². The van der Waals surface area contributed by atoms with Crippen LogP contribution < -0.4 is 10.5 Å². The lowest BCUT2D eigenvalue weighted by atomic mass is 10.2. The molecule has 1 aromatic carbocycles. The third kappa shape index (κ3) is 3.58. The molecule has 112 valence electrons. The van der Waals surface area contributed by atoms with Gasteiger partial charge in [0.2, 0.25) is 0 Å². The minimum absolute atomic E-state index is 0.0763. The highest BCUT2D eigenvalue weighted by atomic mass is 32.2. The molecule has 0 amide bonds. The number of thiophene rings is 1. The van der Waals surface area contributed by atoms with E-state index in [0.29, 0.717) is 0 Å². The first-order valence-corrected chi connectivity index (χ1v) is 8.75. The van der Waals surface area contributed by atoms with E-state index in [1.54, 1.807) is 6.07 Å². The summed E-state index contributed by atoms with van der Waals surface area (Å²) in [5.41, 5.74) is 5.82. The highest BCUT2D eigenvalue weighted by molar-refractivity contribution is 7.94. The maximum absolute atomic E-state index is 13.2. The molecule has 0 saturated carbocycles. The lowest BCUT2D eigenvalue weighted by Gasteiger charge is -2.11. The van der Waals surface area contributed by atoms with Crippen LogP contribution in [0.2, 0.25) is 0 Å². The summed E-state index contributed by atoms with van der Waals surface area (Å²) in [6.07, 6.45) is 0.759. The molecule has 0 spiro atoms. The van der Waals surface area contributed by atoms with Crippen LogP contribution in [0.3, 0.4) is 0 Å². The summed E-state index contributed by atoms with van der Waals surface area (Å²) in [5.74, 6) is -0.537. The molecule has 0 aliphatic carbocycles. The fraction of sp³-hybridized carbons (Fsp3) is 0.154. The maximum Gasteiger partial charge on any atom is 0.271 e. The van der Waals surface area contributed by atoms with Crippen LogP contribution in [0.4, 0.5) is 10.1 Å². The summed E-state index contributed by atoms with van der Waals surface area (Å²) in [5, 5.41) is 0. The molecule has 0 atom stereocenters. The Morgan fingerprint density at radius 2 is 2.10 bits per heavy atom. The lowest BCUT2D eigenvalue weighted by molar-refractivity contribution is 0.603. The van der Waals surface area contributed by atoms with Gasteiger partial charge in [-0.2, -0.15) is 0 Å². The second-order valence-corrected chi connectivity index (χ2v) is 7.75. The zero-order chi connectivity index (χ0) is 15.6. The van der Waals surface area contributed by atoms with Crippen LogP contribution >= 0.6 is 23.6 Å². The minimum Gasteiger partial charge on any atom is -0.389 e. The number of nitrogens with two attached hydrogens (primary N) is 1. The number of halogens is 1. The van der Waals surface area contributed by atoms with Gasteiger partial charge in [0.05, 0.1) is 5.69 Å². The Morgan fingerprint density at radius 1 is 1.38 bits per heavy atom. The Kier molecular flexibility index (Phi) is 4.60. The fourth-order valence-electron chi connectivity index (χ4n) is 1.70. The van der Waals surface area contributed by atoms with E-state index in [4.69, 9.17) is 18.0 Å². The van der Waals surface area contributed by atoms with Crippen molar-refractivity contribution in [2.24, 2.45) is 5.73 Å². The highest BCUT2D eigenvalue weighted by Gasteiger charge is 2.19. The van der Waals surface area contributed by atoms with Crippen LogP contribution in [0.15, 0.2) is 34.5 Å². The average Bonchev–Trinajstić information content (AvgIpc) is 2.90. The molecule has 2 aromatic rings. The molecule has 0 radical (unpaired) electrons. The van der Waals surface area contributed by atoms with Crippen molar-refractivity contribution in [3.63, 3.8) is 0 Å². The Bertz CT molecular complexity index is 784. The van der Waals surface area contributed by atoms with Gasteiger partial charge in [-0.1, -0.05) is 19.1 Å². The number of sulfonamides is 1. The molecule has 1 heterocycles. The maximum atomic E-state index is 13.2. The molecule has 21 heavy (non-hydrogen) atoms. The molecule has 0 fully saturated rings. The van der Waals surface area contributed by atoms with Crippen molar-refractivity contribution in [3.05, 3.63) is 46.6 Å². The number of thiocarbonyl (C=S) groups is 1. The van der Waals surface area contributed by atoms with Gasteiger partial charge >= 0.3 is 0 Å². The number of benzene rings is 1. The van der Waals surface area contributed by atoms with Gasteiger partial charge in [-0.05, 0) is 36.8 Å². The Morgan fingerprint density at radius 3 is 2.67 bits per heavy atom. The van der Waals surface area contributed by atoms with Crippen molar-refractivity contribution in [2.45, 2.75) is 17.6 Å². The minimum atomic E-state index is -3.74. The van der Waals surface area contributed by atoms with Gasteiger partial charge in [0, 0.05) is 10.4 Å². The Labute approximate surface area is 131 Å². The molecular weight excluding hydrogens is 331 g/mol. The molecule has 2 rings (SSSR count). The quantitative estimate of drug-likeness (QED) is 0.818. The van der Waals surface area contributed by atoms with Crippen LogP contribution in [0.5, 0.6) is 0 Å². The number of hydrogen-bond acceptors (Lipinski definition) is 4. The van der Waals surface area contributed by atoms with Gasteiger partial charge < -0.3 is 5.73 Å². The summed E-state index contributed by atoms with van der Waals surface area (Å²) in [7, 11) is -3.74. The van der Waals surface area contributed by atoms with Crippen LogP contribution in [0, 0.1) is 5.82 Å². The Hall–Kier alpha value is -1.51. The van der Waals surface area contributed by atoms with E-state index in [0.717, 1.165) is 23.4 Å². The SMILES string of the molecule is CCc1ccc(S(=O)(=O)Nc2ccc(F)cc2C(N)=S)s1. The van der Waals surface area contributed by atoms with E-state index < -0.39 is 15.8 Å². The third-order valence-corrected chi connectivity index (χ3v) is 6.05. The standard InChI is InChI=1S/C13H13FN2O2S3/c1-2-9-4-6-12(20-9)21(17,18)16-11-5-3-8(14)7-10(11)13(15)19/h3-7,16H,2H2,1H3,(H2,15,19). The predicted octanol–water partition coefficient (Wildman–Crippen LogP) is 2.88. The fourth-order valence-corrected chi connectivity index (χ4v) is 4.24. The number of hydrogen-bond donors (Lipinski definition) is 2. The van der Waals surface area contributed by atoms with Gasteiger partial charge in [0.15, 0.2) is 0 Å². The largest absolute Gasteiger partial charge is 0.389 e. The Balaban J connectivity index is 2.39. The number of aryl methyl sites for hydroxylation is 1. The summed E-state index contributed by atoms with van der Waals surface area (Å²) >= 11 is 6.00. The van der Waals surface area contributed by atoms with Gasteiger partial charge in [-0.25, -0.2) is 12.8 Å². The van der Waals surface area contributed by atoms with Crippen LogP contribution in [-0.2, 0) is 16.4 Å². The molecule has 1 aromatic heterocycles. The summed E-state index contributed by atoms with van der Waals surface area (Å²) < 4.78 is 40.4. The van der Waals surface area contributed by atoms with E-state index >= 15 is 0 Å². The van der Waals surface area contributed by atoms with Crippen molar-refractivity contribution in [1.29, 1.82) is 0 Å². The number of nitrogens with one attached hydrogen (secondary N) is 1. The van der Waals surface area contributed by atoms with Crippen LogP contribution in [0.1, 0.15) is 17.4 Å². The highest BCUT2D eigenvalue weighted by Crippen LogP contribution is 2.26.